The summed E-state index contributed by atoms with van der Waals surface area (Å²) in [6, 6.07) is 14.2. The summed E-state index contributed by atoms with van der Waals surface area (Å²) in [5.41, 5.74) is 1.47. The summed E-state index contributed by atoms with van der Waals surface area (Å²) in [7, 11) is 0. The predicted molar refractivity (Wildman–Crippen MR) is 108 cm³/mol. The van der Waals surface area contributed by atoms with Crippen LogP contribution in [-0.2, 0) is 0 Å². The summed E-state index contributed by atoms with van der Waals surface area (Å²) in [5, 5.41) is 12.2. The van der Waals surface area contributed by atoms with Crippen molar-refractivity contribution in [2.24, 2.45) is 0 Å². The summed E-state index contributed by atoms with van der Waals surface area (Å²) in [5.74, 6) is -0.318. The van der Waals surface area contributed by atoms with Gasteiger partial charge in [0.25, 0.3) is 11.6 Å². The molecule has 2 aromatic heterocycles. The molecule has 0 bridgehead atoms. The van der Waals surface area contributed by atoms with E-state index in [1.54, 1.807) is 31.2 Å². The van der Waals surface area contributed by atoms with E-state index in [0.717, 1.165) is 0 Å². The number of nitro benzene ring substituents is 1. The molecule has 2 heterocycles. The highest BCUT2D eigenvalue weighted by atomic mass is 35.5. The highest BCUT2D eigenvalue weighted by Gasteiger charge is 2.24. The van der Waals surface area contributed by atoms with Crippen LogP contribution in [0.25, 0.3) is 22.2 Å². The Labute approximate surface area is 169 Å². The lowest BCUT2D eigenvalue weighted by Gasteiger charge is -2.05. The fraction of sp³-hybridized carbons (Fsp3) is 0.0476. The van der Waals surface area contributed by atoms with Gasteiger partial charge in [0.05, 0.1) is 16.0 Å². The maximum absolute atomic E-state index is 13.1. The highest BCUT2D eigenvalue weighted by molar-refractivity contribution is 6.30. The van der Waals surface area contributed by atoms with Crippen LogP contribution < -0.4 is 0 Å². The van der Waals surface area contributed by atoms with Gasteiger partial charge in [0.2, 0.25) is 0 Å². The molecule has 0 radical (unpaired) electrons. The van der Waals surface area contributed by atoms with Gasteiger partial charge in [0, 0.05) is 27.7 Å². The number of nitro groups is 1. The molecule has 0 aliphatic heterocycles. The Morgan fingerprint density at radius 3 is 2.66 bits per heavy atom. The predicted octanol–water partition coefficient (Wildman–Crippen LogP) is 5.27. The third-order valence-corrected chi connectivity index (χ3v) is 4.96. The molecule has 4 rings (SSSR count). The number of rotatable bonds is 4. The molecule has 0 atom stereocenters. The minimum atomic E-state index is -0.564. The molecule has 7 nitrogen and oxygen atoms in total. The Kier molecular flexibility index (Phi) is 4.52. The second kappa shape index (κ2) is 7.03. The molecule has 0 spiro atoms. The number of aromatic nitrogens is 1. The van der Waals surface area contributed by atoms with Crippen molar-refractivity contribution in [2.45, 2.75) is 6.92 Å². The first kappa shape index (κ1) is 18.6. The summed E-state index contributed by atoms with van der Waals surface area (Å²) in [4.78, 5) is 35.4. The SMILES string of the molecule is Cc1c(C=O)c2ccccc2n1C(=O)c1ccc(-c2ccc(Cl)cc2[N+](=O)[O-])o1. The number of fused-ring (bicyclic) bond motifs is 1. The highest BCUT2D eigenvalue weighted by Crippen LogP contribution is 2.34. The first-order valence-corrected chi connectivity index (χ1v) is 8.94. The van der Waals surface area contributed by atoms with Crippen molar-refractivity contribution in [1.29, 1.82) is 0 Å². The largest absolute Gasteiger partial charge is 0.451 e. The van der Waals surface area contributed by atoms with E-state index in [0.29, 0.717) is 28.4 Å². The van der Waals surface area contributed by atoms with E-state index in [1.807, 2.05) is 0 Å². The topological polar surface area (TPSA) is 95.3 Å². The molecule has 4 aromatic rings. The number of halogens is 1. The van der Waals surface area contributed by atoms with E-state index in [-0.39, 0.29) is 27.8 Å². The van der Waals surface area contributed by atoms with Gasteiger partial charge < -0.3 is 4.42 Å². The molecule has 29 heavy (non-hydrogen) atoms. The van der Waals surface area contributed by atoms with Crippen molar-refractivity contribution in [3.05, 3.63) is 86.8 Å². The zero-order valence-electron chi connectivity index (χ0n) is 15.1. The van der Waals surface area contributed by atoms with E-state index in [1.165, 1.54) is 34.9 Å². The lowest BCUT2D eigenvalue weighted by Crippen LogP contribution is -2.12. The minimum Gasteiger partial charge on any atom is -0.451 e. The molecule has 0 saturated carbocycles. The zero-order chi connectivity index (χ0) is 20.7. The Morgan fingerprint density at radius 1 is 1.17 bits per heavy atom. The fourth-order valence-corrected chi connectivity index (χ4v) is 3.54. The first-order chi connectivity index (χ1) is 13.9. The molecular weight excluding hydrogens is 396 g/mol. The number of carbonyl (C=O) groups excluding carboxylic acids is 2. The van der Waals surface area contributed by atoms with Crippen LogP contribution in [0.5, 0.6) is 0 Å². The molecule has 0 aliphatic carbocycles. The molecule has 0 N–H and O–H groups in total. The summed E-state index contributed by atoms with van der Waals surface area (Å²) >= 11 is 5.85. The summed E-state index contributed by atoms with van der Waals surface area (Å²) < 4.78 is 7.06. The minimum absolute atomic E-state index is 0.00875. The number of hydrogen-bond donors (Lipinski definition) is 0. The maximum Gasteiger partial charge on any atom is 0.298 e. The number of carbonyl (C=O) groups is 2. The van der Waals surface area contributed by atoms with Crippen LogP contribution in [0.4, 0.5) is 5.69 Å². The Hall–Kier alpha value is -3.71. The molecule has 0 fully saturated rings. The van der Waals surface area contributed by atoms with Crippen molar-refractivity contribution >= 4 is 40.4 Å². The Balaban J connectivity index is 1.82. The molecule has 8 heteroatoms. The van der Waals surface area contributed by atoms with Gasteiger partial charge in [-0.05, 0) is 37.3 Å². The van der Waals surface area contributed by atoms with Gasteiger partial charge in [-0.25, -0.2) is 0 Å². The van der Waals surface area contributed by atoms with Crippen LogP contribution in [-0.4, -0.2) is 21.7 Å². The number of benzene rings is 2. The van der Waals surface area contributed by atoms with Crippen LogP contribution in [0.3, 0.4) is 0 Å². The van der Waals surface area contributed by atoms with E-state index in [4.69, 9.17) is 16.0 Å². The van der Waals surface area contributed by atoms with Gasteiger partial charge in [0.15, 0.2) is 12.0 Å². The van der Waals surface area contributed by atoms with Crippen LogP contribution >= 0.6 is 11.6 Å². The number of para-hydroxylation sites is 1. The molecule has 144 valence electrons. The van der Waals surface area contributed by atoms with Crippen molar-refractivity contribution < 1.29 is 18.9 Å². The van der Waals surface area contributed by atoms with Gasteiger partial charge in [-0.3, -0.25) is 24.3 Å². The van der Waals surface area contributed by atoms with E-state index >= 15 is 0 Å². The lowest BCUT2D eigenvalue weighted by atomic mass is 10.1. The average molecular weight is 409 g/mol. The Bertz CT molecular complexity index is 1300. The smallest absolute Gasteiger partial charge is 0.298 e. The van der Waals surface area contributed by atoms with Crippen LogP contribution in [0.1, 0.15) is 26.6 Å². The Morgan fingerprint density at radius 2 is 1.93 bits per heavy atom. The van der Waals surface area contributed by atoms with Gasteiger partial charge in [0.1, 0.15) is 5.76 Å². The normalized spacial score (nSPS) is 11.0. The van der Waals surface area contributed by atoms with Gasteiger partial charge in [-0.15, -0.1) is 0 Å². The second-order valence-electron chi connectivity index (χ2n) is 6.36. The number of nitrogens with zero attached hydrogens (tertiary/aromatic N) is 2. The number of aldehydes is 1. The number of hydrogen-bond acceptors (Lipinski definition) is 5. The average Bonchev–Trinajstić information content (AvgIpc) is 3.29. The maximum atomic E-state index is 13.1. The van der Waals surface area contributed by atoms with Crippen LogP contribution in [0.2, 0.25) is 5.02 Å². The van der Waals surface area contributed by atoms with Crippen molar-refractivity contribution in [1.82, 2.24) is 4.57 Å². The van der Waals surface area contributed by atoms with E-state index in [2.05, 4.69) is 0 Å². The van der Waals surface area contributed by atoms with Crippen molar-refractivity contribution in [2.75, 3.05) is 0 Å². The molecular formula is C21H13ClN2O5. The quantitative estimate of drug-likeness (QED) is 0.260. The second-order valence-corrected chi connectivity index (χ2v) is 6.79. The lowest BCUT2D eigenvalue weighted by molar-refractivity contribution is -0.384. The molecule has 0 saturated heterocycles. The van der Waals surface area contributed by atoms with Crippen molar-refractivity contribution in [3.63, 3.8) is 0 Å². The first-order valence-electron chi connectivity index (χ1n) is 8.56. The van der Waals surface area contributed by atoms with E-state index < -0.39 is 10.8 Å². The van der Waals surface area contributed by atoms with Crippen molar-refractivity contribution in [3.8, 4) is 11.3 Å². The van der Waals surface area contributed by atoms with Gasteiger partial charge in [-0.1, -0.05) is 29.8 Å². The van der Waals surface area contributed by atoms with Gasteiger partial charge >= 0.3 is 0 Å². The molecule has 0 unspecified atom stereocenters. The third-order valence-electron chi connectivity index (χ3n) is 4.72. The monoisotopic (exact) mass is 408 g/mol. The summed E-state index contributed by atoms with van der Waals surface area (Å²) in [6.45, 7) is 1.68. The van der Waals surface area contributed by atoms with Crippen LogP contribution in [0.15, 0.2) is 59.0 Å². The zero-order valence-corrected chi connectivity index (χ0v) is 15.8. The van der Waals surface area contributed by atoms with Gasteiger partial charge in [-0.2, -0.15) is 0 Å². The van der Waals surface area contributed by atoms with E-state index in [9.17, 15) is 19.7 Å². The third kappa shape index (κ3) is 3.01. The molecule has 0 aliphatic rings. The fourth-order valence-electron chi connectivity index (χ4n) is 3.37. The molecule has 0 amide bonds. The standard InChI is InChI=1S/C21H13ClN2O5/c1-12-16(11-25)14-4-2-3-5-17(14)23(12)21(26)20-9-8-19(29-20)15-7-6-13(22)10-18(15)24(27)28/h2-11H,1H3. The molecule has 2 aromatic carbocycles. The van der Waals surface area contributed by atoms with Crippen LogP contribution in [0, 0.1) is 17.0 Å². The summed E-state index contributed by atoms with van der Waals surface area (Å²) in [6.07, 6.45) is 0.714. The number of furan rings is 1.